The highest BCUT2D eigenvalue weighted by Gasteiger charge is 2.54. The van der Waals surface area contributed by atoms with Gasteiger partial charge >= 0.3 is 0 Å². The first-order chi connectivity index (χ1) is 38.2. The van der Waals surface area contributed by atoms with Crippen LogP contribution in [0, 0.1) is 0 Å². The molecule has 0 amide bonds. The van der Waals surface area contributed by atoms with E-state index in [1.165, 1.54) is 27.8 Å². The van der Waals surface area contributed by atoms with E-state index in [-0.39, 0.29) is 0 Å². The Balaban J connectivity index is 1.18. The van der Waals surface area contributed by atoms with Gasteiger partial charge in [0.15, 0.2) is 0 Å². The molecule has 1 spiro atoms. The van der Waals surface area contributed by atoms with Crippen molar-refractivity contribution in [3.63, 3.8) is 0 Å². The third-order valence-corrected chi connectivity index (χ3v) is 15.0. The van der Waals surface area contributed by atoms with Gasteiger partial charge in [0.1, 0.15) is 0 Å². The SMILES string of the molecule is C=CC=C1/C(=C\N(c2ccccc2)c2ccccc2)C2(c3cc(N(c4ccccc4)c4ccccc4)ccc31)c1cc(N(c3ccccc3)c3ccccc3)ccc1-c1ccc(N(c3ccccc3)c3ccccc3)cc12. The molecule has 13 rings (SSSR count). The lowest BCUT2D eigenvalue weighted by Crippen LogP contribution is -2.28. The van der Waals surface area contributed by atoms with Crippen LogP contribution < -0.4 is 19.6 Å². The summed E-state index contributed by atoms with van der Waals surface area (Å²) in [7, 11) is 0. The summed E-state index contributed by atoms with van der Waals surface area (Å²) in [4.78, 5) is 9.53. The molecule has 11 aromatic carbocycles. The molecule has 0 saturated heterocycles. The molecule has 0 aliphatic heterocycles. The van der Waals surface area contributed by atoms with E-state index in [1.807, 2.05) is 6.08 Å². The van der Waals surface area contributed by atoms with Crippen LogP contribution in [0.3, 0.4) is 0 Å². The molecule has 0 N–H and O–H groups in total. The first-order valence-electron chi connectivity index (χ1n) is 26.3. The number of anilines is 11. The Labute approximate surface area is 452 Å². The molecule has 4 nitrogen and oxygen atoms in total. The molecule has 0 saturated carbocycles. The molecule has 0 bridgehead atoms. The van der Waals surface area contributed by atoms with E-state index in [4.69, 9.17) is 0 Å². The molecule has 0 aromatic heterocycles. The van der Waals surface area contributed by atoms with Crippen molar-refractivity contribution >= 4 is 68.1 Å². The molecule has 0 heterocycles. The van der Waals surface area contributed by atoms with Crippen molar-refractivity contribution in [1.82, 2.24) is 0 Å². The number of allylic oxidation sites excluding steroid dienone is 4. The number of hydrogen-bond donors (Lipinski definition) is 0. The van der Waals surface area contributed by atoms with Crippen molar-refractivity contribution in [2.45, 2.75) is 5.41 Å². The molecule has 0 fully saturated rings. The lowest BCUT2D eigenvalue weighted by Gasteiger charge is -2.35. The van der Waals surface area contributed by atoms with Gasteiger partial charge in [-0.15, -0.1) is 0 Å². The minimum absolute atomic E-state index is 0.907. The van der Waals surface area contributed by atoms with E-state index in [0.29, 0.717) is 0 Å². The van der Waals surface area contributed by atoms with Gasteiger partial charge in [0, 0.05) is 68.8 Å². The quantitative estimate of drug-likeness (QED) is 0.114. The average Bonchev–Trinajstić information content (AvgIpc) is 4.01. The monoisotopic (exact) mass is 986 g/mol. The van der Waals surface area contributed by atoms with Gasteiger partial charge in [-0.25, -0.2) is 0 Å². The predicted molar refractivity (Wildman–Crippen MR) is 324 cm³/mol. The molecule has 11 aromatic rings. The van der Waals surface area contributed by atoms with Gasteiger partial charge in [0.2, 0.25) is 0 Å². The van der Waals surface area contributed by atoms with E-state index in [2.05, 4.69) is 336 Å². The summed E-state index contributed by atoms with van der Waals surface area (Å²) in [5.74, 6) is 0. The highest BCUT2D eigenvalue weighted by molar-refractivity contribution is 6.03. The predicted octanol–water partition coefficient (Wildman–Crippen LogP) is 19.7. The number of rotatable bonds is 13. The first kappa shape index (κ1) is 46.6. The molecule has 77 heavy (non-hydrogen) atoms. The molecule has 2 aliphatic carbocycles. The fourth-order valence-corrected chi connectivity index (χ4v) is 11.7. The van der Waals surface area contributed by atoms with Crippen molar-refractivity contribution in [2.24, 2.45) is 0 Å². The smallest absolute Gasteiger partial charge is 0.0742 e. The van der Waals surface area contributed by atoms with Crippen LogP contribution in [0.4, 0.5) is 62.6 Å². The summed E-state index contributed by atoms with van der Waals surface area (Å²) in [6.07, 6.45) is 6.60. The van der Waals surface area contributed by atoms with Crippen LogP contribution in [-0.2, 0) is 5.41 Å². The second kappa shape index (κ2) is 20.3. The Bertz CT molecular complexity index is 3630. The summed E-state index contributed by atoms with van der Waals surface area (Å²) >= 11 is 0. The maximum Gasteiger partial charge on any atom is 0.0742 e. The largest absolute Gasteiger partial charge is 0.317 e. The second-order valence-electron chi connectivity index (χ2n) is 19.4. The fraction of sp³-hybridized carbons (Fsp3) is 0.0137. The Hall–Kier alpha value is -10.2. The lowest BCUT2D eigenvalue weighted by molar-refractivity contribution is 0.790. The number of para-hydroxylation sites is 8. The first-order valence-corrected chi connectivity index (χ1v) is 26.3. The maximum atomic E-state index is 4.43. The lowest BCUT2D eigenvalue weighted by atomic mass is 9.70. The normalized spacial score (nSPS) is 13.7. The summed E-state index contributed by atoms with van der Waals surface area (Å²) in [5, 5.41) is 0. The minimum Gasteiger partial charge on any atom is -0.317 e. The van der Waals surface area contributed by atoms with Crippen LogP contribution in [0.5, 0.6) is 0 Å². The number of hydrogen-bond acceptors (Lipinski definition) is 4. The van der Waals surface area contributed by atoms with Crippen molar-refractivity contribution in [3.05, 3.63) is 350 Å². The molecule has 366 valence electrons. The number of benzene rings is 11. The summed E-state index contributed by atoms with van der Waals surface area (Å²) in [6.45, 7) is 4.43. The van der Waals surface area contributed by atoms with Gasteiger partial charge < -0.3 is 19.6 Å². The van der Waals surface area contributed by atoms with Gasteiger partial charge in [-0.2, -0.15) is 0 Å². The van der Waals surface area contributed by atoms with Gasteiger partial charge in [0.05, 0.1) is 5.41 Å². The highest BCUT2D eigenvalue weighted by atomic mass is 15.2. The van der Waals surface area contributed by atoms with E-state index in [0.717, 1.165) is 79.3 Å². The fourth-order valence-electron chi connectivity index (χ4n) is 11.7. The Morgan fingerprint density at radius 1 is 0.273 bits per heavy atom. The van der Waals surface area contributed by atoms with Crippen LogP contribution in [0.2, 0.25) is 0 Å². The summed E-state index contributed by atoms with van der Waals surface area (Å²) < 4.78 is 0. The highest BCUT2D eigenvalue weighted by Crippen LogP contribution is 2.66. The molecular weight excluding hydrogens is 933 g/mol. The van der Waals surface area contributed by atoms with Crippen LogP contribution >= 0.6 is 0 Å². The zero-order valence-electron chi connectivity index (χ0n) is 42.5. The van der Waals surface area contributed by atoms with E-state index in [9.17, 15) is 0 Å². The second-order valence-corrected chi connectivity index (χ2v) is 19.4. The molecule has 0 radical (unpaired) electrons. The van der Waals surface area contributed by atoms with Crippen LogP contribution in [0.1, 0.15) is 22.3 Å². The molecule has 0 unspecified atom stereocenters. The van der Waals surface area contributed by atoms with Crippen molar-refractivity contribution in [1.29, 1.82) is 0 Å². The molecule has 0 atom stereocenters. The zero-order chi connectivity index (χ0) is 51.5. The average molecular weight is 987 g/mol. The topological polar surface area (TPSA) is 13.0 Å². The minimum atomic E-state index is -0.907. The van der Waals surface area contributed by atoms with Crippen molar-refractivity contribution < 1.29 is 0 Å². The summed E-state index contributed by atoms with van der Waals surface area (Å²) in [6, 6.07) is 107. The van der Waals surface area contributed by atoms with E-state index in [1.54, 1.807) is 0 Å². The Morgan fingerprint density at radius 2 is 0.532 bits per heavy atom. The van der Waals surface area contributed by atoms with E-state index < -0.39 is 5.41 Å². The summed E-state index contributed by atoms with van der Waals surface area (Å²) in [5.41, 5.74) is 20.1. The Morgan fingerprint density at radius 3 is 0.818 bits per heavy atom. The van der Waals surface area contributed by atoms with Crippen LogP contribution in [0.25, 0.3) is 16.7 Å². The van der Waals surface area contributed by atoms with Crippen molar-refractivity contribution in [3.8, 4) is 11.1 Å². The van der Waals surface area contributed by atoms with Crippen LogP contribution in [-0.4, -0.2) is 0 Å². The zero-order valence-corrected chi connectivity index (χ0v) is 42.5. The van der Waals surface area contributed by atoms with Gasteiger partial charge in [-0.05, 0) is 178 Å². The van der Waals surface area contributed by atoms with Gasteiger partial charge in [0.25, 0.3) is 0 Å². The van der Waals surface area contributed by atoms with Gasteiger partial charge in [-0.3, -0.25) is 0 Å². The third kappa shape index (κ3) is 8.30. The molecule has 2 aliphatic rings. The number of nitrogens with zero attached hydrogens (tertiary/aromatic N) is 4. The van der Waals surface area contributed by atoms with Crippen LogP contribution in [0.15, 0.2) is 328 Å². The maximum absolute atomic E-state index is 4.43. The molecule has 4 heteroatoms. The number of fused-ring (bicyclic) bond motifs is 7. The third-order valence-electron chi connectivity index (χ3n) is 15.0. The molecular formula is C73H54N4. The van der Waals surface area contributed by atoms with Gasteiger partial charge in [-0.1, -0.05) is 183 Å². The Kier molecular flexibility index (Phi) is 12.3. The van der Waals surface area contributed by atoms with E-state index >= 15 is 0 Å². The standard InChI is InChI=1S/C73H54N4/c1-2-27-65-66-47-44-62(75(56-32-15-5-16-33-56)57-34-17-6-18-35-57)50-69(66)73(72(65)53-74(54-28-11-3-12-29-54)55-30-13-4-14-31-55)70-51-63(76(58-36-19-7-20-37-58)59-38-21-8-22-39-59)45-48-67(70)68-49-46-64(52-71(68)73)77(60-40-23-9-24-41-60)61-42-25-10-26-43-61/h2-53H,1H2/b65-27?,72-53+. The van der Waals surface area contributed by atoms with Crippen molar-refractivity contribution in [2.75, 3.05) is 19.6 Å².